The molecule has 3 aromatic rings. The van der Waals surface area contributed by atoms with Crippen LogP contribution < -0.4 is 10.1 Å². The fourth-order valence-electron chi connectivity index (χ4n) is 6.43. The minimum atomic E-state index is -0.235. The van der Waals surface area contributed by atoms with Gasteiger partial charge in [0.05, 0.1) is 37.6 Å². The molecule has 1 aliphatic carbocycles. The first-order valence-electron chi connectivity index (χ1n) is 14.7. The van der Waals surface area contributed by atoms with Gasteiger partial charge in [0.2, 0.25) is 0 Å². The number of halogens is 1. The van der Waals surface area contributed by atoms with Gasteiger partial charge in [0.1, 0.15) is 17.7 Å². The van der Waals surface area contributed by atoms with E-state index < -0.39 is 0 Å². The van der Waals surface area contributed by atoms with Crippen LogP contribution in [0.15, 0.2) is 72.6 Å². The van der Waals surface area contributed by atoms with E-state index >= 15 is 0 Å². The Labute approximate surface area is 246 Å². The molecule has 1 aromatic heterocycles. The molecule has 2 saturated heterocycles. The summed E-state index contributed by atoms with van der Waals surface area (Å²) in [4.78, 5) is 19.7. The highest BCUT2D eigenvalue weighted by atomic mass is 19.1. The number of hydrogen-bond donors (Lipinski definition) is 1. The van der Waals surface area contributed by atoms with Crippen LogP contribution in [0.3, 0.4) is 0 Å². The second-order valence-corrected chi connectivity index (χ2v) is 11.9. The minimum Gasteiger partial charge on any atom is -0.486 e. The van der Waals surface area contributed by atoms with Crippen molar-refractivity contribution in [3.8, 4) is 5.75 Å². The zero-order valence-corrected chi connectivity index (χ0v) is 24.3. The molecule has 3 fully saturated rings. The molecular weight excluding hydrogens is 533 g/mol. The second-order valence-electron chi connectivity index (χ2n) is 11.9. The molecule has 3 heterocycles. The van der Waals surface area contributed by atoms with E-state index in [1.807, 2.05) is 19.1 Å². The summed E-state index contributed by atoms with van der Waals surface area (Å²) in [6, 6.07) is 16.7. The highest BCUT2D eigenvalue weighted by molar-refractivity contribution is 5.94. The lowest BCUT2D eigenvalue weighted by atomic mass is 9.59. The van der Waals surface area contributed by atoms with Crippen molar-refractivity contribution in [1.82, 2.24) is 15.2 Å². The zero-order valence-electron chi connectivity index (χ0n) is 24.3. The molecule has 2 aliphatic heterocycles. The smallest absolute Gasteiger partial charge is 0.253 e. The average molecular weight is 572 g/mol. The van der Waals surface area contributed by atoms with E-state index in [0.29, 0.717) is 29.9 Å². The number of benzene rings is 2. The molecule has 0 unspecified atom stereocenters. The Morgan fingerprint density at radius 2 is 1.81 bits per heavy atom. The van der Waals surface area contributed by atoms with Crippen LogP contribution in [-0.2, 0) is 9.47 Å². The summed E-state index contributed by atoms with van der Waals surface area (Å²) in [5, 5.41) is 3.08. The Morgan fingerprint density at radius 1 is 1.10 bits per heavy atom. The SMILES string of the molecule is COCCN1CC2(CC(=C(c3ccc(F)cc3)c3ccc([C@@H](C)NC(=O)c4cncc(O[C@H]5CCOC5)c4)cc3)C2)C1. The number of allylic oxidation sites excluding steroid dienone is 1. The van der Waals surface area contributed by atoms with E-state index in [4.69, 9.17) is 14.2 Å². The van der Waals surface area contributed by atoms with Gasteiger partial charge >= 0.3 is 0 Å². The van der Waals surface area contributed by atoms with Gasteiger partial charge in [-0.1, -0.05) is 42.0 Å². The van der Waals surface area contributed by atoms with Crippen molar-refractivity contribution in [2.45, 2.75) is 38.3 Å². The number of nitrogens with zero attached hydrogens (tertiary/aromatic N) is 2. The Morgan fingerprint density at radius 3 is 2.48 bits per heavy atom. The van der Waals surface area contributed by atoms with Gasteiger partial charge in [-0.25, -0.2) is 4.39 Å². The number of hydrogen-bond acceptors (Lipinski definition) is 6. The van der Waals surface area contributed by atoms with Gasteiger partial charge in [-0.3, -0.25) is 14.7 Å². The summed E-state index contributed by atoms with van der Waals surface area (Å²) in [5.74, 6) is 0.126. The third-order valence-corrected chi connectivity index (χ3v) is 8.61. The maximum Gasteiger partial charge on any atom is 0.253 e. The number of amides is 1. The van der Waals surface area contributed by atoms with Crippen molar-refractivity contribution in [3.63, 3.8) is 0 Å². The van der Waals surface area contributed by atoms with Crippen molar-refractivity contribution < 1.29 is 23.4 Å². The molecule has 1 saturated carbocycles. The predicted molar refractivity (Wildman–Crippen MR) is 159 cm³/mol. The number of likely N-dealkylation sites (tertiary alicyclic amines) is 1. The summed E-state index contributed by atoms with van der Waals surface area (Å²) < 4.78 is 30.3. The molecule has 8 heteroatoms. The van der Waals surface area contributed by atoms with E-state index in [1.165, 1.54) is 23.3 Å². The molecule has 0 bridgehead atoms. The van der Waals surface area contributed by atoms with Gasteiger partial charge < -0.3 is 19.5 Å². The molecular formula is C34H38FN3O4. The van der Waals surface area contributed by atoms with Gasteiger partial charge in [-0.15, -0.1) is 0 Å². The molecule has 6 rings (SSSR count). The first-order valence-corrected chi connectivity index (χ1v) is 14.7. The number of aromatic nitrogens is 1. The summed E-state index contributed by atoms with van der Waals surface area (Å²) >= 11 is 0. The highest BCUT2D eigenvalue weighted by Crippen LogP contribution is 2.54. The summed E-state index contributed by atoms with van der Waals surface area (Å²) in [7, 11) is 1.74. The first-order chi connectivity index (χ1) is 20.4. The van der Waals surface area contributed by atoms with Gasteiger partial charge in [-0.05, 0) is 60.2 Å². The standard InChI is InChI=1S/C34H38FN3O4/c1-23(37-33(39)27-15-31(19-36-18-27)42-30-11-13-41-20-30)24-3-5-25(6-4-24)32(26-7-9-29(35)10-8-26)28-16-34(17-28)21-38(22-34)12-14-40-2/h3-10,15,18-19,23,30H,11-14,16-17,20-22H2,1-2H3,(H,37,39)/t23-,30+/m1/s1. The molecule has 42 heavy (non-hydrogen) atoms. The van der Waals surface area contributed by atoms with Crippen molar-refractivity contribution >= 4 is 11.5 Å². The number of pyridine rings is 1. The maximum absolute atomic E-state index is 13.8. The zero-order chi connectivity index (χ0) is 29.1. The van der Waals surface area contributed by atoms with Crippen molar-refractivity contribution in [2.75, 3.05) is 46.6 Å². The fourth-order valence-corrected chi connectivity index (χ4v) is 6.43. The minimum absolute atomic E-state index is 0.00732. The van der Waals surface area contributed by atoms with Gasteiger partial charge in [0, 0.05) is 44.8 Å². The van der Waals surface area contributed by atoms with Crippen LogP contribution >= 0.6 is 0 Å². The quantitative estimate of drug-likeness (QED) is 0.350. The summed E-state index contributed by atoms with van der Waals surface area (Å²) in [6.07, 6.45) is 6.11. The molecule has 0 radical (unpaired) electrons. The third kappa shape index (κ3) is 6.26. The van der Waals surface area contributed by atoms with E-state index in [0.717, 1.165) is 62.2 Å². The van der Waals surface area contributed by atoms with Crippen molar-refractivity contribution in [3.05, 3.63) is 101 Å². The molecule has 2 atom stereocenters. The first kappa shape index (κ1) is 28.5. The number of ether oxygens (including phenoxy) is 3. The largest absolute Gasteiger partial charge is 0.486 e. The van der Waals surface area contributed by atoms with E-state index in [-0.39, 0.29) is 23.9 Å². The normalized spacial score (nSPS) is 20.1. The molecule has 1 spiro atoms. The molecule has 1 amide bonds. The van der Waals surface area contributed by atoms with Crippen LogP contribution in [0.4, 0.5) is 4.39 Å². The van der Waals surface area contributed by atoms with Crippen LogP contribution in [0, 0.1) is 11.2 Å². The van der Waals surface area contributed by atoms with E-state index in [2.05, 4.69) is 39.5 Å². The lowest BCUT2D eigenvalue weighted by molar-refractivity contribution is -0.0399. The number of methoxy groups -OCH3 is 1. The Kier molecular flexibility index (Phi) is 8.38. The molecule has 1 N–H and O–H groups in total. The van der Waals surface area contributed by atoms with E-state index in [1.54, 1.807) is 25.6 Å². The van der Waals surface area contributed by atoms with Crippen LogP contribution in [0.25, 0.3) is 5.57 Å². The number of carbonyl (C=O) groups excluding carboxylic acids is 1. The molecule has 3 aliphatic rings. The molecule has 2 aromatic carbocycles. The second kappa shape index (κ2) is 12.3. The topological polar surface area (TPSA) is 72.9 Å². The van der Waals surface area contributed by atoms with Crippen molar-refractivity contribution in [1.29, 1.82) is 0 Å². The Hall–Kier alpha value is -3.59. The summed E-state index contributed by atoms with van der Waals surface area (Å²) in [5.41, 5.74) is 6.55. The van der Waals surface area contributed by atoms with Crippen molar-refractivity contribution in [2.24, 2.45) is 5.41 Å². The summed E-state index contributed by atoms with van der Waals surface area (Å²) in [6.45, 7) is 7.15. The Balaban J connectivity index is 1.14. The number of carbonyl (C=O) groups is 1. The van der Waals surface area contributed by atoms with Crippen LogP contribution in [-0.4, -0.2) is 68.5 Å². The highest BCUT2D eigenvalue weighted by Gasteiger charge is 2.50. The Bertz CT molecular complexity index is 1420. The molecule has 220 valence electrons. The lowest BCUT2D eigenvalue weighted by Gasteiger charge is -2.57. The fraction of sp³-hybridized carbons (Fsp3) is 0.412. The molecule has 7 nitrogen and oxygen atoms in total. The average Bonchev–Trinajstić information content (AvgIpc) is 3.47. The number of nitrogens with one attached hydrogen (secondary N) is 1. The number of rotatable bonds is 10. The third-order valence-electron chi connectivity index (χ3n) is 8.61. The van der Waals surface area contributed by atoms with E-state index in [9.17, 15) is 9.18 Å². The van der Waals surface area contributed by atoms with Crippen LogP contribution in [0.5, 0.6) is 5.75 Å². The maximum atomic E-state index is 13.8. The van der Waals surface area contributed by atoms with Gasteiger partial charge in [0.15, 0.2) is 0 Å². The monoisotopic (exact) mass is 571 g/mol. The van der Waals surface area contributed by atoms with Crippen LogP contribution in [0.1, 0.15) is 59.3 Å². The van der Waals surface area contributed by atoms with Gasteiger partial charge in [0.25, 0.3) is 5.91 Å². The predicted octanol–water partition coefficient (Wildman–Crippen LogP) is 5.42. The van der Waals surface area contributed by atoms with Crippen LogP contribution in [0.2, 0.25) is 0 Å². The lowest BCUT2D eigenvalue weighted by Crippen LogP contribution is -2.60. The van der Waals surface area contributed by atoms with Gasteiger partial charge in [-0.2, -0.15) is 0 Å².